The maximum atomic E-state index is 8.99. The second kappa shape index (κ2) is 5.07. The molecule has 0 saturated carbocycles. The van der Waals surface area contributed by atoms with E-state index in [1.807, 2.05) is 19.1 Å². The van der Waals surface area contributed by atoms with E-state index in [2.05, 4.69) is 43.3 Å². The van der Waals surface area contributed by atoms with Gasteiger partial charge in [-0.3, -0.25) is 0 Å². The van der Waals surface area contributed by atoms with Gasteiger partial charge in [0.25, 0.3) is 0 Å². The van der Waals surface area contributed by atoms with E-state index in [1.165, 1.54) is 10.5 Å². The van der Waals surface area contributed by atoms with Crippen LogP contribution in [0, 0.1) is 25.2 Å². The van der Waals surface area contributed by atoms with Crippen LogP contribution < -0.4 is 0 Å². The Labute approximate surface area is 106 Å². The van der Waals surface area contributed by atoms with Crippen molar-refractivity contribution in [2.24, 2.45) is 0 Å². The zero-order valence-corrected chi connectivity index (χ0v) is 10.7. The fourth-order valence-electron chi connectivity index (χ4n) is 1.53. The van der Waals surface area contributed by atoms with Crippen LogP contribution in [0.15, 0.2) is 52.3 Å². The summed E-state index contributed by atoms with van der Waals surface area (Å²) in [5, 5.41) is 8.99. The highest BCUT2D eigenvalue weighted by molar-refractivity contribution is 7.99. The summed E-state index contributed by atoms with van der Waals surface area (Å²) < 4.78 is 0. The summed E-state index contributed by atoms with van der Waals surface area (Å²) in [6, 6.07) is 16.6. The Morgan fingerprint density at radius 2 is 1.59 bits per heavy atom. The molecule has 84 valence electrons. The molecular weight excluding hydrogens is 226 g/mol. The molecule has 0 radical (unpaired) electrons. The topological polar surface area (TPSA) is 23.8 Å². The minimum Gasteiger partial charge on any atom is -0.192 e. The molecule has 0 atom stereocenters. The average Bonchev–Trinajstić information content (AvgIpc) is 2.34. The van der Waals surface area contributed by atoms with E-state index in [4.69, 9.17) is 5.26 Å². The normalized spacial score (nSPS) is 9.94. The van der Waals surface area contributed by atoms with Gasteiger partial charge in [0, 0.05) is 9.79 Å². The minimum absolute atomic E-state index is 0.752. The number of nitrogens with zero attached hydrogens (tertiary/aromatic N) is 1. The first-order chi connectivity index (χ1) is 8.19. The maximum Gasteiger partial charge on any atom is 0.0994 e. The molecule has 0 aromatic heterocycles. The van der Waals surface area contributed by atoms with Crippen LogP contribution in [0.3, 0.4) is 0 Å². The van der Waals surface area contributed by atoms with E-state index >= 15 is 0 Å². The zero-order valence-electron chi connectivity index (χ0n) is 9.90. The van der Waals surface area contributed by atoms with Crippen LogP contribution in [0.25, 0.3) is 0 Å². The predicted molar refractivity (Wildman–Crippen MR) is 71.2 cm³/mol. The van der Waals surface area contributed by atoms with E-state index < -0.39 is 0 Å². The van der Waals surface area contributed by atoms with Gasteiger partial charge in [0.1, 0.15) is 0 Å². The summed E-state index contributed by atoms with van der Waals surface area (Å²) in [5.74, 6) is 0. The summed E-state index contributed by atoms with van der Waals surface area (Å²) in [4.78, 5) is 2.30. The Hall–Kier alpha value is -1.72. The lowest BCUT2D eigenvalue weighted by molar-refractivity contribution is 1.31. The van der Waals surface area contributed by atoms with Crippen LogP contribution in [0.5, 0.6) is 0 Å². The SMILES string of the molecule is Cc1ccc(Sc2ccc(C)c(C#N)c2)cc1. The third-order valence-electron chi connectivity index (χ3n) is 2.59. The summed E-state index contributed by atoms with van der Waals surface area (Å²) in [7, 11) is 0. The summed E-state index contributed by atoms with van der Waals surface area (Å²) >= 11 is 1.68. The molecule has 0 aliphatic carbocycles. The molecule has 0 saturated heterocycles. The summed E-state index contributed by atoms with van der Waals surface area (Å²) in [5.41, 5.74) is 3.04. The molecule has 2 aromatic carbocycles. The number of aryl methyl sites for hydroxylation is 2. The molecule has 2 aromatic rings. The Kier molecular flexibility index (Phi) is 3.51. The molecule has 2 rings (SSSR count). The third-order valence-corrected chi connectivity index (χ3v) is 3.58. The predicted octanol–water partition coefficient (Wildman–Crippen LogP) is 4.33. The second-order valence-corrected chi connectivity index (χ2v) is 5.15. The van der Waals surface area contributed by atoms with Crippen molar-refractivity contribution in [1.29, 1.82) is 5.26 Å². The first-order valence-electron chi connectivity index (χ1n) is 5.44. The zero-order chi connectivity index (χ0) is 12.3. The van der Waals surface area contributed by atoms with Gasteiger partial charge in [-0.25, -0.2) is 0 Å². The smallest absolute Gasteiger partial charge is 0.0994 e. The van der Waals surface area contributed by atoms with Crippen molar-refractivity contribution < 1.29 is 0 Å². The number of hydrogen-bond acceptors (Lipinski definition) is 2. The fourth-order valence-corrected chi connectivity index (χ4v) is 2.38. The van der Waals surface area contributed by atoms with Crippen molar-refractivity contribution >= 4 is 11.8 Å². The lowest BCUT2D eigenvalue weighted by Crippen LogP contribution is -1.82. The van der Waals surface area contributed by atoms with Crippen molar-refractivity contribution in [3.63, 3.8) is 0 Å². The molecule has 0 aliphatic heterocycles. The standard InChI is InChI=1S/C15H13NS/c1-11-3-6-14(7-4-11)17-15-8-5-12(2)13(9-15)10-16/h3-9H,1-2H3. The summed E-state index contributed by atoms with van der Waals surface area (Å²) in [6.45, 7) is 4.03. The molecule has 0 bridgehead atoms. The molecule has 2 heteroatoms. The Bertz CT molecular complexity index is 564. The summed E-state index contributed by atoms with van der Waals surface area (Å²) in [6.07, 6.45) is 0. The lowest BCUT2D eigenvalue weighted by Gasteiger charge is -2.04. The van der Waals surface area contributed by atoms with E-state index in [0.717, 1.165) is 16.0 Å². The Morgan fingerprint density at radius 3 is 2.24 bits per heavy atom. The van der Waals surface area contributed by atoms with Crippen LogP contribution in [0.2, 0.25) is 0 Å². The first-order valence-corrected chi connectivity index (χ1v) is 6.26. The van der Waals surface area contributed by atoms with Crippen LogP contribution in [-0.4, -0.2) is 0 Å². The van der Waals surface area contributed by atoms with E-state index in [9.17, 15) is 0 Å². The van der Waals surface area contributed by atoms with Gasteiger partial charge < -0.3 is 0 Å². The molecule has 0 unspecified atom stereocenters. The van der Waals surface area contributed by atoms with Crippen molar-refractivity contribution in [2.75, 3.05) is 0 Å². The molecular formula is C15H13NS. The van der Waals surface area contributed by atoms with Gasteiger partial charge in [-0.15, -0.1) is 0 Å². The highest BCUT2D eigenvalue weighted by Gasteiger charge is 2.01. The Balaban J connectivity index is 2.25. The quantitative estimate of drug-likeness (QED) is 0.779. The largest absolute Gasteiger partial charge is 0.192 e. The van der Waals surface area contributed by atoms with Gasteiger partial charge >= 0.3 is 0 Å². The van der Waals surface area contributed by atoms with Gasteiger partial charge in [-0.2, -0.15) is 5.26 Å². The molecule has 1 nitrogen and oxygen atoms in total. The average molecular weight is 239 g/mol. The van der Waals surface area contributed by atoms with Gasteiger partial charge in [0.15, 0.2) is 0 Å². The van der Waals surface area contributed by atoms with E-state index in [-0.39, 0.29) is 0 Å². The highest BCUT2D eigenvalue weighted by Crippen LogP contribution is 2.29. The number of nitriles is 1. The molecule has 17 heavy (non-hydrogen) atoms. The monoisotopic (exact) mass is 239 g/mol. The number of hydrogen-bond donors (Lipinski definition) is 0. The molecule has 0 fully saturated rings. The third kappa shape index (κ3) is 2.89. The van der Waals surface area contributed by atoms with Gasteiger partial charge in [0.05, 0.1) is 11.6 Å². The Morgan fingerprint density at radius 1 is 0.941 bits per heavy atom. The van der Waals surface area contributed by atoms with Crippen molar-refractivity contribution in [3.8, 4) is 6.07 Å². The van der Waals surface area contributed by atoms with Gasteiger partial charge in [0.2, 0.25) is 0 Å². The van der Waals surface area contributed by atoms with Crippen LogP contribution in [0.4, 0.5) is 0 Å². The number of rotatable bonds is 2. The molecule has 0 heterocycles. The molecule has 0 aliphatic rings. The highest BCUT2D eigenvalue weighted by atomic mass is 32.2. The fraction of sp³-hybridized carbons (Fsp3) is 0.133. The number of benzene rings is 2. The van der Waals surface area contributed by atoms with Crippen LogP contribution in [-0.2, 0) is 0 Å². The van der Waals surface area contributed by atoms with Crippen molar-refractivity contribution in [3.05, 3.63) is 59.2 Å². The van der Waals surface area contributed by atoms with Gasteiger partial charge in [-0.05, 0) is 43.7 Å². The van der Waals surface area contributed by atoms with E-state index in [0.29, 0.717) is 0 Å². The maximum absolute atomic E-state index is 8.99. The van der Waals surface area contributed by atoms with E-state index in [1.54, 1.807) is 11.8 Å². The molecule has 0 N–H and O–H groups in total. The minimum atomic E-state index is 0.752. The molecule has 0 spiro atoms. The van der Waals surface area contributed by atoms with Crippen LogP contribution >= 0.6 is 11.8 Å². The first kappa shape index (κ1) is 11.8. The molecule has 0 amide bonds. The van der Waals surface area contributed by atoms with Crippen LogP contribution in [0.1, 0.15) is 16.7 Å². The van der Waals surface area contributed by atoms with Gasteiger partial charge in [-0.1, -0.05) is 35.5 Å². The second-order valence-electron chi connectivity index (χ2n) is 4.00. The van der Waals surface area contributed by atoms with Crippen molar-refractivity contribution in [1.82, 2.24) is 0 Å². The lowest BCUT2D eigenvalue weighted by atomic mass is 10.1. The van der Waals surface area contributed by atoms with Crippen molar-refractivity contribution in [2.45, 2.75) is 23.6 Å².